The summed E-state index contributed by atoms with van der Waals surface area (Å²) in [6.45, 7) is 1.58. The normalized spacial score (nSPS) is 10.2. The van der Waals surface area contributed by atoms with Crippen molar-refractivity contribution in [3.05, 3.63) is 18.1 Å². The number of methoxy groups -OCH3 is 1. The van der Waals surface area contributed by atoms with Crippen LogP contribution in [-0.2, 0) is 16.1 Å². The number of amides is 1. The van der Waals surface area contributed by atoms with Crippen molar-refractivity contribution in [2.24, 2.45) is 5.73 Å². The second-order valence-electron chi connectivity index (χ2n) is 3.77. The minimum Gasteiger partial charge on any atom is -0.383 e. The van der Waals surface area contributed by atoms with Gasteiger partial charge in [0.15, 0.2) is 0 Å². The first-order chi connectivity index (χ1) is 8.67. The summed E-state index contributed by atoms with van der Waals surface area (Å²) >= 11 is 0. The summed E-state index contributed by atoms with van der Waals surface area (Å²) in [7, 11) is 3.37. The van der Waals surface area contributed by atoms with Crippen molar-refractivity contribution in [2.45, 2.75) is 6.54 Å². The Morgan fingerprint density at radius 1 is 1.50 bits per heavy atom. The Morgan fingerprint density at radius 3 is 2.83 bits per heavy atom. The lowest BCUT2D eigenvalue weighted by atomic mass is 10.4. The average Bonchev–Trinajstić information content (AvgIpc) is 2.39. The van der Waals surface area contributed by atoms with Gasteiger partial charge in [0.05, 0.1) is 31.2 Å². The number of nitrogens with one attached hydrogen (secondary N) is 1. The summed E-state index contributed by atoms with van der Waals surface area (Å²) < 4.78 is 4.84. The molecule has 0 unspecified atom stereocenters. The van der Waals surface area contributed by atoms with Crippen LogP contribution in [0.25, 0.3) is 0 Å². The molecular weight excluding hydrogens is 234 g/mol. The molecular formula is C11H19N5O2. The Kier molecular flexibility index (Phi) is 6.03. The van der Waals surface area contributed by atoms with Gasteiger partial charge in [-0.3, -0.25) is 9.78 Å². The van der Waals surface area contributed by atoms with Gasteiger partial charge in [-0.1, -0.05) is 0 Å². The largest absolute Gasteiger partial charge is 0.383 e. The Bertz CT molecular complexity index is 368. The zero-order chi connectivity index (χ0) is 13.4. The van der Waals surface area contributed by atoms with Crippen LogP contribution < -0.4 is 16.0 Å². The number of hydrogen-bond acceptors (Lipinski definition) is 6. The molecule has 1 heterocycles. The second kappa shape index (κ2) is 7.57. The molecule has 0 radical (unpaired) electrons. The maximum atomic E-state index is 11.5. The molecule has 0 aliphatic heterocycles. The van der Waals surface area contributed by atoms with E-state index in [0.717, 1.165) is 5.69 Å². The molecule has 1 amide bonds. The summed E-state index contributed by atoms with van der Waals surface area (Å²) in [4.78, 5) is 21.6. The lowest BCUT2D eigenvalue weighted by Crippen LogP contribution is -2.37. The predicted molar refractivity (Wildman–Crippen MR) is 68.1 cm³/mol. The zero-order valence-corrected chi connectivity index (χ0v) is 10.7. The quantitative estimate of drug-likeness (QED) is 0.614. The lowest BCUT2D eigenvalue weighted by Gasteiger charge is -2.17. The van der Waals surface area contributed by atoms with E-state index < -0.39 is 0 Å². The van der Waals surface area contributed by atoms with Gasteiger partial charge in [0.25, 0.3) is 0 Å². The van der Waals surface area contributed by atoms with Crippen molar-refractivity contribution >= 4 is 11.7 Å². The summed E-state index contributed by atoms with van der Waals surface area (Å²) in [6, 6.07) is 0. The highest BCUT2D eigenvalue weighted by molar-refractivity contribution is 5.80. The van der Waals surface area contributed by atoms with Gasteiger partial charge in [-0.2, -0.15) is 0 Å². The number of carbonyl (C=O) groups excluding carboxylic acids is 1. The van der Waals surface area contributed by atoms with E-state index in [2.05, 4.69) is 15.3 Å². The van der Waals surface area contributed by atoms with E-state index in [1.54, 1.807) is 31.5 Å². The molecule has 18 heavy (non-hydrogen) atoms. The van der Waals surface area contributed by atoms with Crippen molar-refractivity contribution in [3.63, 3.8) is 0 Å². The van der Waals surface area contributed by atoms with Crippen LogP contribution in [0.15, 0.2) is 12.4 Å². The monoisotopic (exact) mass is 253 g/mol. The van der Waals surface area contributed by atoms with E-state index in [1.165, 1.54) is 0 Å². The topological polar surface area (TPSA) is 93.4 Å². The van der Waals surface area contributed by atoms with Crippen molar-refractivity contribution < 1.29 is 9.53 Å². The van der Waals surface area contributed by atoms with E-state index in [1.807, 2.05) is 0 Å². The third-order valence-electron chi connectivity index (χ3n) is 2.30. The number of carbonyl (C=O) groups is 1. The molecule has 0 saturated heterocycles. The molecule has 0 aliphatic rings. The van der Waals surface area contributed by atoms with Gasteiger partial charge in [0.1, 0.15) is 5.82 Å². The highest BCUT2D eigenvalue weighted by Crippen LogP contribution is 2.05. The fourth-order valence-corrected chi connectivity index (χ4v) is 1.30. The van der Waals surface area contributed by atoms with Crippen LogP contribution in [0.2, 0.25) is 0 Å². The summed E-state index contributed by atoms with van der Waals surface area (Å²) in [5, 5.41) is 2.73. The molecule has 0 atom stereocenters. The third kappa shape index (κ3) is 4.64. The SMILES string of the molecule is COCCNC(=O)CN(C)c1cnc(CN)cn1. The average molecular weight is 253 g/mol. The molecule has 1 rings (SSSR count). The van der Waals surface area contributed by atoms with Crippen molar-refractivity contribution in [3.8, 4) is 0 Å². The summed E-state index contributed by atoms with van der Waals surface area (Å²) in [5.41, 5.74) is 6.15. The molecule has 7 heteroatoms. The number of rotatable bonds is 7. The van der Waals surface area contributed by atoms with Gasteiger partial charge in [-0.25, -0.2) is 4.98 Å². The van der Waals surface area contributed by atoms with E-state index in [0.29, 0.717) is 25.5 Å². The van der Waals surface area contributed by atoms with Crippen LogP contribution in [0.5, 0.6) is 0 Å². The van der Waals surface area contributed by atoms with Crippen LogP contribution in [-0.4, -0.2) is 49.7 Å². The molecule has 0 saturated carbocycles. The molecule has 0 bridgehead atoms. The first-order valence-corrected chi connectivity index (χ1v) is 5.65. The molecule has 7 nitrogen and oxygen atoms in total. The number of nitrogens with zero attached hydrogens (tertiary/aromatic N) is 3. The molecule has 1 aromatic heterocycles. The lowest BCUT2D eigenvalue weighted by molar-refractivity contribution is -0.119. The Labute approximate surface area is 106 Å². The fourth-order valence-electron chi connectivity index (χ4n) is 1.30. The smallest absolute Gasteiger partial charge is 0.239 e. The van der Waals surface area contributed by atoms with Crippen LogP contribution >= 0.6 is 0 Å². The van der Waals surface area contributed by atoms with Gasteiger partial charge in [0, 0.05) is 27.2 Å². The minimum absolute atomic E-state index is 0.0840. The Hall–Kier alpha value is -1.73. The molecule has 0 fully saturated rings. The highest BCUT2D eigenvalue weighted by atomic mass is 16.5. The Balaban J connectivity index is 2.43. The molecule has 1 aromatic rings. The van der Waals surface area contributed by atoms with Crippen LogP contribution in [0.3, 0.4) is 0 Å². The van der Waals surface area contributed by atoms with Crippen LogP contribution in [0, 0.1) is 0 Å². The molecule has 0 spiro atoms. The summed E-state index contributed by atoms with van der Waals surface area (Å²) in [6.07, 6.45) is 3.21. The van der Waals surface area contributed by atoms with Gasteiger partial charge in [-0.05, 0) is 0 Å². The maximum Gasteiger partial charge on any atom is 0.239 e. The van der Waals surface area contributed by atoms with Crippen molar-refractivity contribution in [2.75, 3.05) is 38.8 Å². The predicted octanol–water partition coefficient (Wildman–Crippen LogP) is -0.866. The van der Waals surface area contributed by atoms with Crippen molar-refractivity contribution in [1.82, 2.24) is 15.3 Å². The molecule has 0 aromatic carbocycles. The first kappa shape index (κ1) is 14.3. The molecule has 3 N–H and O–H groups in total. The standard InChI is InChI=1S/C11H19N5O2/c1-16(8-11(17)13-3-4-18-2)10-7-14-9(5-12)6-15-10/h6-7H,3-5,8,12H2,1-2H3,(H,13,17). The maximum absolute atomic E-state index is 11.5. The van der Waals surface area contributed by atoms with E-state index >= 15 is 0 Å². The number of likely N-dealkylation sites (N-methyl/N-ethyl adjacent to an activating group) is 1. The first-order valence-electron chi connectivity index (χ1n) is 5.65. The summed E-state index contributed by atoms with van der Waals surface area (Å²) in [5.74, 6) is 0.549. The van der Waals surface area contributed by atoms with Gasteiger partial charge in [-0.15, -0.1) is 0 Å². The number of anilines is 1. The van der Waals surface area contributed by atoms with E-state index in [-0.39, 0.29) is 12.5 Å². The highest BCUT2D eigenvalue weighted by Gasteiger charge is 2.08. The number of hydrogen-bond donors (Lipinski definition) is 2. The van der Waals surface area contributed by atoms with Crippen molar-refractivity contribution in [1.29, 1.82) is 0 Å². The van der Waals surface area contributed by atoms with E-state index in [9.17, 15) is 4.79 Å². The zero-order valence-electron chi connectivity index (χ0n) is 10.7. The van der Waals surface area contributed by atoms with Crippen LogP contribution in [0.4, 0.5) is 5.82 Å². The second-order valence-corrected chi connectivity index (χ2v) is 3.77. The molecule has 100 valence electrons. The van der Waals surface area contributed by atoms with Gasteiger partial charge < -0.3 is 20.7 Å². The number of nitrogens with two attached hydrogens (primary N) is 1. The Morgan fingerprint density at radius 2 is 2.28 bits per heavy atom. The molecule has 0 aliphatic carbocycles. The van der Waals surface area contributed by atoms with Gasteiger partial charge >= 0.3 is 0 Å². The van der Waals surface area contributed by atoms with E-state index in [4.69, 9.17) is 10.5 Å². The van der Waals surface area contributed by atoms with Gasteiger partial charge in [0.2, 0.25) is 5.91 Å². The number of ether oxygens (including phenoxy) is 1. The minimum atomic E-state index is -0.0840. The fraction of sp³-hybridized carbons (Fsp3) is 0.545. The number of aromatic nitrogens is 2. The van der Waals surface area contributed by atoms with Crippen LogP contribution in [0.1, 0.15) is 5.69 Å². The third-order valence-corrected chi connectivity index (χ3v) is 2.30.